The number of hydrogen-bond acceptors (Lipinski definition) is 5. The van der Waals surface area contributed by atoms with Gasteiger partial charge >= 0.3 is 0 Å². The normalized spacial score (nSPS) is 14.6. The quantitative estimate of drug-likeness (QED) is 0.645. The van der Waals surface area contributed by atoms with E-state index in [-0.39, 0.29) is 17.6 Å². The Morgan fingerprint density at radius 1 is 1.30 bits per heavy atom. The third-order valence-electron chi connectivity index (χ3n) is 4.21. The van der Waals surface area contributed by atoms with Crippen molar-refractivity contribution in [1.82, 2.24) is 25.4 Å². The van der Waals surface area contributed by atoms with E-state index < -0.39 is 6.04 Å². The molecule has 0 bridgehead atoms. The molecule has 2 aromatic rings. The summed E-state index contributed by atoms with van der Waals surface area (Å²) >= 11 is 1.29. The number of benzene rings is 1. The maximum Gasteiger partial charge on any atom is 0.242 e. The molecule has 1 atom stereocenters. The Morgan fingerprint density at radius 2 is 2.04 bits per heavy atom. The minimum absolute atomic E-state index is 0.169. The lowest BCUT2D eigenvalue weighted by molar-refractivity contribution is -0.127. The second-order valence-electron chi connectivity index (χ2n) is 6.64. The fourth-order valence-electron chi connectivity index (χ4n) is 2.61. The molecule has 1 aliphatic rings. The molecule has 0 unspecified atom stereocenters. The summed E-state index contributed by atoms with van der Waals surface area (Å²) in [5.74, 6) is 1.20. The van der Waals surface area contributed by atoms with Crippen LogP contribution in [0.3, 0.4) is 0 Å². The standard InChI is InChI=1S/C19H25N5O2S/c1-3-11-20-18(26)13(2)21-16(25)12-27-19-22-17(14-9-10-14)24(23-19)15-7-5-4-6-8-15/h4-8,13-14H,3,9-12H2,1-2H3,(H,20,26)(H,21,25)/t13-/m1/s1. The van der Waals surface area contributed by atoms with Crippen molar-refractivity contribution in [3.63, 3.8) is 0 Å². The van der Waals surface area contributed by atoms with Crippen LogP contribution in [0.1, 0.15) is 44.9 Å². The molecule has 0 radical (unpaired) electrons. The maximum atomic E-state index is 12.1. The number of para-hydroxylation sites is 1. The highest BCUT2D eigenvalue weighted by Gasteiger charge is 2.30. The Bertz CT molecular complexity index is 789. The maximum absolute atomic E-state index is 12.1. The average Bonchev–Trinajstić information content (AvgIpc) is 3.44. The molecule has 1 fully saturated rings. The minimum Gasteiger partial charge on any atom is -0.354 e. The van der Waals surface area contributed by atoms with E-state index in [4.69, 9.17) is 0 Å². The minimum atomic E-state index is -0.554. The van der Waals surface area contributed by atoms with E-state index in [2.05, 4.69) is 20.7 Å². The van der Waals surface area contributed by atoms with Crippen molar-refractivity contribution in [2.24, 2.45) is 0 Å². The average molecular weight is 388 g/mol. The summed E-state index contributed by atoms with van der Waals surface area (Å²) in [5, 5.41) is 10.6. The van der Waals surface area contributed by atoms with Crippen LogP contribution in [-0.2, 0) is 9.59 Å². The number of hydrogen-bond donors (Lipinski definition) is 2. The number of carbonyl (C=O) groups is 2. The van der Waals surface area contributed by atoms with Crippen molar-refractivity contribution in [2.45, 2.75) is 50.2 Å². The molecular formula is C19H25N5O2S. The number of aromatic nitrogens is 3. The Balaban J connectivity index is 1.58. The molecule has 1 aliphatic carbocycles. The lowest BCUT2D eigenvalue weighted by Crippen LogP contribution is -2.45. The SMILES string of the molecule is CCCNC(=O)[C@@H](C)NC(=O)CSc1nc(C2CC2)n(-c2ccccc2)n1. The van der Waals surface area contributed by atoms with Gasteiger partial charge in [-0.1, -0.05) is 36.9 Å². The van der Waals surface area contributed by atoms with Gasteiger partial charge in [-0.3, -0.25) is 9.59 Å². The monoisotopic (exact) mass is 387 g/mol. The fourth-order valence-corrected chi connectivity index (χ4v) is 3.25. The number of thioether (sulfide) groups is 1. The van der Waals surface area contributed by atoms with Crippen molar-refractivity contribution >= 4 is 23.6 Å². The van der Waals surface area contributed by atoms with Gasteiger partial charge in [0, 0.05) is 12.5 Å². The van der Waals surface area contributed by atoms with Crippen LogP contribution >= 0.6 is 11.8 Å². The molecule has 2 amide bonds. The zero-order valence-electron chi connectivity index (χ0n) is 15.6. The fraction of sp³-hybridized carbons (Fsp3) is 0.474. The Morgan fingerprint density at radius 3 is 2.70 bits per heavy atom. The zero-order chi connectivity index (χ0) is 19.2. The highest BCUT2D eigenvalue weighted by Crippen LogP contribution is 2.40. The van der Waals surface area contributed by atoms with E-state index in [9.17, 15) is 9.59 Å². The van der Waals surface area contributed by atoms with Crippen molar-refractivity contribution < 1.29 is 9.59 Å². The van der Waals surface area contributed by atoms with Crippen molar-refractivity contribution in [2.75, 3.05) is 12.3 Å². The van der Waals surface area contributed by atoms with Crippen LogP contribution in [0.2, 0.25) is 0 Å². The Kier molecular flexibility index (Phi) is 6.49. The first-order valence-electron chi connectivity index (χ1n) is 9.30. The van der Waals surface area contributed by atoms with Gasteiger partial charge in [0.05, 0.1) is 11.4 Å². The second-order valence-corrected chi connectivity index (χ2v) is 7.59. The van der Waals surface area contributed by atoms with E-state index in [1.165, 1.54) is 11.8 Å². The van der Waals surface area contributed by atoms with E-state index in [0.717, 1.165) is 30.8 Å². The first-order chi connectivity index (χ1) is 13.1. The lowest BCUT2D eigenvalue weighted by atomic mass is 10.3. The van der Waals surface area contributed by atoms with Crippen LogP contribution in [0.15, 0.2) is 35.5 Å². The molecule has 1 aromatic carbocycles. The molecule has 1 saturated carbocycles. The van der Waals surface area contributed by atoms with Gasteiger partial charge in [-0.15, -0.1) is 5.10 Å². The van der Waals surface area contributed by atoms with Crippen LogP contribution in [-0.4, -0.2) is 44.9 Å². The topological polar surface area (TPSA) is 88.9 Å². The van der Waals surface area contributed by atoms with Gasteiger partial charge in [-0.05, 0) is 38.3 Å². The zero-order valence-corrected chi connectivity index (χ0v) is 16.5. The van der Waals surface area contributed by atoms with Crippen LogP contribution in [0.4, 0.5) is 0 Å². The summed E-state index contributed by atoms with van der Waals surface area (Å²) in [6, 6.07) is 9.35. The summed E-state index contributed by atoms with van der Waals surface area (Å²) in [7, 11) is 0. The molecule has 1 heterocycles. The molecule has 27 heavy (non-hydrogen) atoms. The molecule has 2 N–H and O–H groups in total. The largest absolute Gasteiger partial charge is 0.354 e. The third-order valence-corrected chi connectivity index (χ3v) is 5.05. The van der Waals surface area contributed by atoms with Crippen LogP contribution in [0.25, 0.3) is 5.69 Å². The van der Waals surface area contributed by atoms with Gasteiger partial charge in [-0.25, -0.2) is 9.67 Å². The summed E-state index contributed by atoms with van der Waals surface area (Å²) in [5.41, 5.74) is 0.976. The van der Waals surface area contributed by atoms with Crippen molar-refractivity contribution in [1.29, 1.82) is 0 Å². The van der Waals surface area contributed by atoms with Crippen LogP contribution < -0.4 is 10.6 Å². The molecular weight excluding hydrogens is 362 g/mol. The summed E-state index contributed by atoms with van der Waals surface area (Å²) < 4.78 is 1.87. The molecule has 144 valence electrons. The van der Waals surface area contributed by atoms with Gasteiger partial charge in [0.25, 0.3) is 0 Å². The first-order valence-corrected chi connectivity index (χ1v) is 10.3. The predicted molar refractivity (Wildman–Crippen MR) is 105 cm³/mol. The van der Waals surface area contributed by atoms with Crippen LogP contribution in [0.5, 0.6) is 0 Å². The highest BCUT2D eigenvalue weighted by atomic mass is 32.2. The highest BCUT2D eigenvalue weighted by molar-refractivity contribution is 7.99. The molecule has 3 rings (SSSR count). The smallest absolute Gasteiger partial charge is 0.242 e. The van der Waals surface area contributed by atoms with Gasteiger partial charge < -0.3 is 10.6 Å². The van der Waals surface area contributed by atoms with Gasteiger partial charge in [0.1, 0.15) is 11.9 Å². The van der Waals surface area contributed by atoms with Crippen molar-refractivity contribution in [3.05, 3.63) is 36.2 Å². The summed E-state index contributed by atoms with van der Waals surface area (Å²) in [6.45, 7) is 4.28. The van der Waals surface area contributed by atoms with Crippen molar-refractivity contribution in [3.8, 4) is 5.69 Å². The number of nitrogens with one attached hydrogen (secondary N) is 2. The predicted octanol–water partition coefficient (Wildman–Crippen LogP) is 2.27. The molecule has 0 spiro atoms. The lowest BCUT2D eigenvalue weighted by Gasteiger charge is -2.13. The first kappa shape index (κ1) is 19.4. The molecule has 0 aliphatic heterocycles. The number of nitrogens with zero attached hydrogens (tertiary/aromatic N) is 3. The molecule has 0 saturated heterocycles. The van der Waals surface area contributed by atoms with Crippen LogP contribution in [0, 0.1) is 0 Å². The number of rotatable bonds is 9. The van der Waals surface area contributed by atoms with E-state index in [1.807, 2.05) is 41.9 Å². The second kappa shape index (κ2) is 9.03. The molecule has 1 aromatic heterocycles. The summed E-state index contributed by atoms with van der Waals surface area (Å²) in [6.07, 6.45) is 3.11. The number of amides is 2. The van der Waals surface area contributed by atoms with Gasteiger partial charge in [0.2, 0.25) is 17.0 Å². The van der Waals surface area contributed by atoms with E-state index in [0.29, 0.717) is 17.6 Å². The van der Waals surface area contributed by atoms with E-state index >= 15 is 0 Å². The molecule has 8 heteroatoms. The Labute approximate surface area is 163 Å². The molecule has 7 nitrogen and oxygen atoms in total. The van der Waals surface area contributed by atoms with Gasteiger partial charge in [-0.2, -0.15) is 0 Å². The summed E-state index contributed by atoms with van der Waals surface area (Å²) in [4.78, 5) is 28.6. The van der Waals surface area contributed by atoms with Gasteiger partial charge in [0.15, 0.2) is 0 Å². The Hall–Kier alpha value is -2.35. The third kappa shape index (κ3) is 5.32. The number of carbonyl (C=O) groups excluding carboxylic acids is 2. The van der Waals surface area contributed by atoms with E-state index in [1.54, 1.807) is 6.92 Å².